The Bertz CT molecular complexity index is 570. The molecule has 6 nitrogen and oxygen atoms in total. The van der Waals surface area contributed by atoms with E-state index in [-0.39, 0.29) is 11.4 Å². The van der Waals surface area contributed by atoms with E-state index >= 15 is 0 Å². The van der Waals surface area contributed by atoms with Gasteiger partial charge in [0.2, 0.25) is 0 Å². The summed E-state index contributed by atoms with van der Waals surface area (Å²) in [7, 11) is 0. The van der Waals surface area contributed by atoms with Crippen LogP contribution in [0.3, 0.4) is 0 Å². The van der Waals surface area contributed by atoms with E-state index in [0.29, 0.717) is 0 Å². The van der Waals surface area contributed by atoms with Crippen LogP contribution < -0.4 is 0 Å². The fourth-order valence-electron chi connectivity index (χ4n) is 1.30. The van der Waals surface area contributed by atoms with Crippen molar-refractivity contribution in [3.63, 3.8) is 0 Å². The zero-order chi connectivity index (χ0) is 12.4. The third-order valence-corrected chi connectivity index (χ3v) is 1.99. The van der Waals surface area contributed by atoms with Crippen molar-refractivity contribution in [2.75, 3.05) is 0 Å². The molecule has 0 saturated carbocycles. The first-order valence-electron chi connectivity index (χ1n) is 4.51. The van der Waals surface area contributed by atoms with Crippen molar-refractivity contribution < 1.29 is 18.7 Å². The third kappa shape index (κ3) is 2.25. The number of hydrogen-bond acceptors (Lipinski definition) is 4. The van der Waals surface area contributed by atoms with Crippen LogP contribution in [0.25, 0.3) is 11.4 Å². The summed E-state index contributed by atoms with van der Waals surface area (Å²) >= 11 is 0. The second-order valence-corrected chi connectivity index (χ2v) is 3.18. The molecule has 0 radical (unpaired) electrons. The van der Waals surface area contributed by atoms with Crippen LogP contribution in [0.5, 0.6) is 0 Å². The lowest BCUT2D eigenvalue weighted by Crippen LogP contribution is -2.12. The highest BCUT2D eigenvalue weighted by atomic mass is 19.1. The summed E-state index contributed by atoms with van der Waals surface area (Å²) in [6.07, 6.45) is 0. The zero-order valence-corrected chi connectivity index (χ0v) is 8.34. The minimum absolute atomic E-state index is 0.135. The average Bonchev–Trinajstić information content (AvgIpc) is 2.69. The molecule has 17 heavy (non-hydrogen) atoms. The first-order valence-corrected chi connectivity index (χ1v) is 4.51. The van der Waals surface area contributed by atoms with Crippen LogP contribution in [-0.4, -0.2) is 31.3 Å². The lowest BCUT2D eigenvalue weighted by molar-refractivity contribution is -0.137. The van der Waals surface area contributed by atoms with Crippen LogP contribution >= 0.6 is 0 Å². The topological polar surface area (TPSA) is 80.9 Å². The Morgan fingerprint density at radius 3 is 2.88 bits per heavy atom. The van der Waals surface area contributed by atoms with Gasteiger partial charge >= 0.3 is 5.97 Å². The molecule has 0 aliphatic rings. The number of tetrazole rings is 1. The normalized spacial score (nSPS) is 10.5. The molecule has 0 unspecified atom stereocenters. The predicted molar refractivity (Wildman–Crippen MR) is 50.8 cm³/mol. The van der Waals surface area contributed by atoms with Crippen LogP contribution in [0.4, 0.5) is 8.78 Å². The third-order valence-electron chi connectivity index (χ3n) is 1.99. The molecular weight excluding hydrogens is 234 g/mol. The van der Waals surface area contributed by atoms with Crippen molar-refractivity contribution in [1.29, 1.82) is 0 Å². The van der Waals surface area contributed by atoms with Gasteiger partial charge in [-0.1, -0.05) is 0 Å². The summed E-state index contributed by atoms with van der Waals surface area (Å²) in [5.41, 5.74) is -0.184. The number of aliphatic carboxylic acids is 1. The van der Waals surface area contributed by atoms with Gasteiger partial charge in [0.25, 0.3) is 0 Å². The van der Waals surface area contributed by atoms with Crippen LogP contribution in [-0.2, 0) is 11.3 Å². The standard InChI is InChI=1S/C9H6F2N4O2/c10-5-1-2-7(11)6(3-5)9-12-13-14-15(9)4-8(16)17/h1-3H,4H2,(H,16,17). The van der Waals surface area contributed by atoms with Gasteiger partial charge in [0, 0.05) is 0 Å². The van der Waals surface area contributed by atoms with E-state index in [1.54, 1.807) is 0 Å². The monoisotopic (exact) mass is 240 g/mol. The van der Waals surface area contributed by atoms with Gasteiger partial charge < -0.3 is 5.11 Å². The molecular formula is C9H6F2N4O2. The molecule has 0 spiro atoms. The molecule has 1 N–H and O–H groups in total. The van der Waals surface area contributed by atoms with E-state index in [1.165, 1.54) is 0 Å². The Kier molecular flexibility index (Phi) is 2.77. The predicted octanol–water partition coefficient (Wildman–Crippen LogP) is 0.703. The summed E-state index contributed by atoms with van der Waals surface area (Å²) in [4.78, 5) is 10.5. The Labute approximate surface area is 93.5 Å². The van der Waals surface area contributed by atoms with Crippen molar-refractivity contribution in [3.05, 3.63) is 29.8 Å². The van der Waals surface area contributed by atoms with Gasteiger partial charge in [0.1, 0.15) is 18.2 Å². The van der Waals surface area contributed by atoms with Gasteiger partial charge in [-0.25, -0.2) is 13.5 Å². The summed E-state index contributed by atoms with van der Waals surface area (Å²) < 4.78 is 27.3. The molecule has 0 bridgehead atoms. The maximum Gasteiger partial charge on any atom is 0.325 e. The van der Waals surface area contributed by atoms with E-state index < -0.39 is 24.1 Å². The fourth-order valence-corrected chi connectivity index (χ4v) is 1.30. The lowest BCUT2D eigenvalue weighted by atomic mass is 10.2. The van der Waals surface area contributed by atoms with Crippen molar-refractivity contribution in [2.24, 2.45) is 0 Å². The van der Waals surface area contributed by atoms with Gasteiger partial charge in [-0.15, -0.1) is 5.10 Å². The summed E-state index contributed by atoms with van der Waals surface area (Å²) in [5, 5.41) is 18.7. The molecule has 0 aliphatic heterocycles. The molecule has 2 aromatic rings. The van der Waals surface area contributed by atoms with Crippen LogP contribution in [0.1, 0.15) is 0 Å². The highest BCUT2D eigenvalue weighted by Crippen LogP contribution is 2.20. The van der Waals surface area contributed by atoms with Crippen LogP contribution in [0.15, 0.2) is 18.2 Å². The smallest absolute Gasteiger partial charge is 0.325 e. The molecule has 1 aromatic heterocycles. The summed E-state index contributed by atoms with van der Waals surface area (Å²) in [6, 6.07) is 2.77. The van der Waals surface area contributed by atoms with Gasteiger partial charge in [-0.2, -0.15) is 0 Å². The number of carboxylic acids is 1. The van der Waals surface area contributed by atoms with Crippen molar-refractivity contribution >= 4 is 5.97 Å². The minimum atomic E-state index is -1.18. The van der Waals surface area contributed by atoms with Crippen molar-refractivity contribution in [3.8, 4) is 11.4 Å². The highest BCUT2D eigenvalue weighted by Gasteiger charge is 2.15. The van der Waals surface area contributed by atoms with Gasteiger partial charge in [0.15, 0.2) is 5.82 Å². The van der Waals surface area contributed by atoms with Crippen molar-refractivity contribution in [1.82, 2.24) is 20.2 Å². The molecule has 0 saturated heterocycles. The number of nitrogens with zero attached hydrogens (tertiary/aromatic N) is 4. The number of rotatable bonds is 3. The number of aromatic nitrogens is 4. The van der Waals surface area contributed by atoms with E-state index in [2.05, 4.69) is 15.5 Å². The fraction of sp³-hybridized carbons (Fsp3) is 0.111. The molecule has 88 valence electrons. The van der Waals surface area contributed by atoms with E-state index in [9.17, 15) is 13.6 Å². The Morgan fingerprint density at radius 1 is 1.41 bits per heavy atom. The summed E-state index contributed by atoms with van der Waals surface area (Å²) in [5.74, 6) is -2.71. The Balaban J connectivity index is 2.49. The van der Waals surface area contributed by atoms with Crippen LogP contribution in [0, 0.1) is 11.6 Å². The molecule has 0 atom stereocenters. The van der Waals surface area contributed by atoms with Crippen LogP contribution in [0.2, 0.25) is 0 Å². The lowest BCUT2D eigenvalue weighted by Gasteiger charge is -2.03. The quantitative estimate of drug-likeness (QED) is 0.854. The van der Waals surface area contributed by atoms with Gasteiger partial charge in [-0.3, -0.25) is 4.79 Å². The van der Waals surface area contributed by atoms with Gasteiger partial charge in [-0.05, 0) is 28.6 Å². The SMILES string of the molecule is O=C(O)Cn1nnnc1-c1cc(F)ccc1F. The molecule has 8 heteroatoms. The maximum atomic E-state index is 13.4. The Hall–Kier alpha value is -2.38. The average molecular weight is 240 g/mol. The maximum absolute atomic E-state index is 13.4. The first-order chi connectivity index (χ1) is 8.08. The Morgan fingerprint density at radius 2 is 2.18 bits per heavy atom. The second-order valence-electron chi connectivity index (χ2n) is 3.18. The largest absolute Gasteiger partial charge is 0.480 e. The molecule has 0 fully saturated rings. The number of carboxylic acid groups (broad SMARTS) is 1. The highest BCUT2D eigenvalue weighted by molar-refractivity contribution is 5.67. The second kappa shape index (κ2) is 4.24. The molecule has 0 amide bonds. The number of carbonyl (C=O) groups is 1. The molecule has 2 rings (SSSR count). The van der Waals surface area contributed by atoms with E-state index in [4.69, 9.17) is 5.11 Å². The number of benzene rings is 1. The van der Waals surface area contributed by atoms with Crippen molar-refractivity contribution in [2.45, 2.75) is 6.54 Å². The zero-order valence-electron chi connectivity index (χ0n) is 8.34. The van der Waals surface area contributed by atoms with E-state index in [0.717, 1.165) is 22.9 Å². The number of hydrogen-bond donors (Lipinski definition) is 1. The number of halogens is 2. The molecule has 1 heterocycles. The van der Waals surface area contributed by atoms with E-state index in [1.807, 2.05) is 0 Å². The first kappa shape index (κ1) is 11.1. The molecule has 1 aromatic carbocycles. The molecule has 0 aliphatic carbocycles. The summed E-state index contributed by atoms with van der Waals surface area (Å²) in [6.45, 7) is -0.529. The minimum Gasteiger partial charge on any atom is -0.480 e. The van der Waals surface area contributed by atoms with Gasteiger partial charge in [0.05, 0.1) is 5.56 Å².